The van der Waals surface area contributed by atoms with E-state index in [1.807, 2.05) is 0 Å². The Kier molecular flexibility index (Phi) is 7.45. The monoisotopic (exact) mass is 393 g/mol. The van der Waals surface area contributed by atoms with Crippen molar-refractivity contribution in [1.29, 1.82) is 0 Å². The molecule has 0 spiro atoms. The zero-order valence-corrected chi connectivity index (χ0v) is 13.4. The van der Waals surface area contributed by atoms with Crippen LogP contribution in [0, 0.1) is 0 Å². The van der Waals surface area contributed by atoms with Gasteiger partial charge in [-0.15, -0.1) is 0 Å². The van der Waals surface area contributed by atoms with Gasteiger partial charge in [0, 0.05) is 19.6 Å². The van der Waals surface area contributed by atoms with Crippen LogP contribution in [0.3, 0.4) is 0 Å². The summed E-state index contributed by atoms with van der Waals surface area (Å²) in [4.78, 5) is 3.78. The molecule has 0 bridgehead atoms. The highest BCUT2D eigenvalue weighted by molar-refractivity contribution is 9.25. The van der Waals surface area contributed by atoms with Gasteiger partial charge in [-0.05, 0) is 38.9 Å². The zero-order chi connectivity index (χ0) is 9.90. The predicted octanol–water partition coefficient (Wildman–Crippen LogP) is -3.52. The van der Waals surface area contributed by atoms with Crippen LogP contribution in [0.1, 0.15) is 0 Å². The molecule has 1 heterocycles. The number of halogens is 3. The first kappa shape index (κ1) is 15.3. The molecule has 86 valence electrons. The molecule has 0 radical (unpaired) electrons. The topological polar surface area (TPSA) is 19.7 Å². The fourth-order valence-electron chi connectivity index (χ4n) is 1.41. The molecule has 1 saturated heterocycles. The second-order valence-electron chi connectivity index (χ2n) is 3.72. The zero-order valence-electron chi connectivity index (χ0n) is 8.62. The van der Waals surface area contributed by atoms with E-state index in [-0.39, 0.29) is 20.3 Å². The van der Waals surface area contributed by atoms with Crippen LogP contribution in [0.25, 0.3) is 0 Å². The van der Waals surface area contributed by atoms with E-state index >= 15 is 0 Å². The molecular weight excluding hydrogens is 378 g/mol. The number of hydrogen-bond acceptors (Lipinski definition) is 2. The first-order valence-electron chi connectivity index (χ1n) is 4.62. The average molecular weight is 396 g/mol. The van der Waals surface area contributed by atoms with Crippen molar-refractivity contribution in [3.63, 3.8) is 0 Å². The van der Waals surface area contributed by atoms with Gasteiger partial charge in [0.2, 0.25) is 3.36 Å². The smallest absolute Gasteiger partial charge is 0.219 e. The first-order valence-corrected chi connectivity index (χ1v) is 6.21. The van der Waals surface area contributed by atoms with E-state index in [0.29, 0.717) is 0 Å². The molecule has 1 fully saturated rings. The largest absolute Gasteiger partial charge is 1.00 e. The predicted molar refractivity (Wildman–Crippen MR) is 62.7 cm³/mol. The second-order valence-corrected chi connectivity index (χ2v) is 7.49. The lowest BCUT2D eigenvalue weighted by Crippen LogP contribution is -3.16. The number of rotatable bonds is 0. The Bertz CT molecular complexity index is 166. The third-order valence-electron chi connectivity index (χ3n) is 2.44. The molecule has 1 unspecified atom stereocenters. The van der Waals surface area contributed by atoms with Crippen molar-refractivity contribution in [3.8, 4) is 0 Å². The summed E-state index contributed by atoms with van der Waals surface area (Å²) in [6, 6.07) is 0. The third-order valence-corrected chi connectivity index (χ3v) is 4.30. The number of quaternary nitrogens is 1. The minimum Gasteiger partial charge on any atom is -1.00 e. The maximum absolute atomic E-state index is 3.73. The van der Waals surface area contributed by atoms with Crippen molar-refractivity contribution in [1.82, 2.24) is 10.2 Å². The standard InChI is InChI=1S/C8H17Br2N3.BrH/c1-12-5-3-11-4-6-13(2)8(9,10)7-12;/h11H,3-7H2,1-2H3;1H. The molecule has 1 aliphatic rings. The number of likely N-dealkylation sites (N-methyl/N-ethyl adjacent to an activating group) is 2. The van der Waals surface area contributed by atoms with Crippen molar-refractivity contribution in [2.24, 2.45) is 0 Å². The summed E-state index contributed by atoms with van der Waals surface area (Å²) in [6.45, 7) is 5.41. The first-order chi connectivity index (χ1) is 6.02. The summed E-state index contributed by atoms with van der Waals surface area (Å²) in [5, 5.41) is 3.42. The molecule has 0 amide bonds. The van der Waals surface area contributed by atoms with Crippen LogP contribution in [-0.4, -0.2) is 55.1 Å². The highest BCUT2D eigenvalue weighted by Crippen LogP contribution is 2.19. The Morgan fingerprint density at radius 3 is 2.64 bits per heavy atom. The number of nitrogens with zero attached hydrogens (tertiary/aromatic N) is 1. The van der Waals surface area contributed by atoms with Crippen molar-refractivity contribution in [2.45, 2.75) is 3.36 Å². The lowest BCUT2D eigenvalue weighted by Gasteiger charge is -2.30. The van der Waals surface area contributed by atoms with Gasteiger partial charge in [0.1, 0.15) is 0 Å². The summed E-state index contributed by atoms with van der Waals surface area (Å²) < 4.78 is 0.000764. The number of nitrogens with one attached hydrogen (secondary N) is 2. The Balaban J connectivity index is 0.00000169. The highest BCUT2D eigenvalue weighted by atomic mass is 79.9. The fourth-order valence-corrected chi connectivity index (χ4v) is 2.66. The molecule has 14 heavy (non-hydrogen) atoms. The quantitative estimate of drug-likeness (QED) is 0.327. The highest BCUT2D eigenvalue weighted by Gasteiger charge is 2.33. The van der Waals surface area contributed by atoms with E-state index in [1.165, 1.54) is 4.90 Å². The molecule has 3 nitrogen and oxygen atoms in total. The van der Waals surface area contributed by atoms with Crippen LogP contribution in [-0.2, 0) is 0 Å². The van der Waals surface area contributed by atoms with Crippen molar-refractivity contribution >= 4 is 31.9 Å². The summed E-state index contributed by atoms with van der Waals surface area (Å²) in [5.41, 5.74) is 0. The molecule has 0 aromatic carbocycles. The summed E-state index contributed by atoms with van der Waals surface area (Å²) in [5.74, 6) is 0. The van der Waals surface area contributed by atoms with Gasteiger partial charge in [-0.2, -0.15) is 0 Å². The molecule has 0 aromatic heterocycles. The summed E-state index contributed by atoms with van der Waals surface area (Å²) in [7, 11) is 4.35. The van der Waals surface area contributed by atoms with E-state index in [9.17, 15) is 0 Å². The van der Waals surface area contributed by atoms with Gasteiger partial charge in [0.25, 0.3) is 0 Å². The molecule has 1 rings (SSSR count). The van der Waals surface area contributed by atoms with E-state index in [0.717, 1.165) is 32.7 Å². The molecule has 6 heteroatoms. The van der Waals surface area contributed by atoms with Gasteiger partial charge >= 0.3 is 0 Å². The summed E-state index contributed by atoms with van der Waals surface area (Å²) >= 11 is 7.46. The van der Waals surface area contributed by atoms with Crippen molar-refractivity contribution < 1.29 is 21.9 Å². The van der Waals surface area contributed by atoms with Crippen LogP contribution in [0.15, 0.2) is 0 Å². The Morgan fingerprint density at radius 1 is 1.36 bits per heavy atom. The minimum atomic E-state index is 0. The van der Waals surface area contributed by atoms with E-state index in [4.69, 9.17) is 0 Å². The van der Waals surface area contributed by atoms with Gasteiger partial charge in [-0.1, -0.05) is 0 Å². The van der Waals surface area contributed by atoms with Gasteiger partial charge in [0.15, 0.2) is 0 Å². The van der Waals surface area contributed by atoms with Crippen LogP contribution < -0.4 is 27.2 Å². The average Bonchev–Trinajstić information content (AvgIpc) is 2.05. The van der Waals surface area contributed by atoms with Crippen molar-refractivity contribution in [3.05, 3.63) is 0 Å². The summed E-state index contributed by atoms with van der Waals surface area (Å²) in [6.07, 6.45) is 0. The normalized spacial score (nSPS) is 29.6. The lowest BCUT2D eigenvalue weighted by molar-refractivity contribution is -0.894. The fraction of sp³-hybridized carbons (Fsp3) is 1.00. The number of hydrogen-bond donors (Lipinski definition) is 2. The maximum atomic E-state index is 3.73. The molecule has 0 saturated carbocycles. The lowest BCUT2D eigenvalue weighted by atomic mass is 10.5. The van der Waals surface area contributed by atoms with Crippen molar-refractivity contribution in [2.75, 3.05) is 46.8 Å². The second kappa shape index (κ2) is 6.81. The van der Waals surface area contributed by atoms with Crippen LogP contribution >= 0.6 is 31.9 Å². The van der Waals surface area contributed by atoms with Gasteiger partial charge in [-0.3, -0.25) is 4.90 Å². The SMILES string of the molecule is CN1CCNCC[NH+](C)C(Br)(Br)C1.[Br-]. The van der Waals surface area contributed by atoms with Gasteiger partial charge in [-0.25, -0.2) is 0 Å². The minimum absolute atomic E-state index is 0. The van der Waals surface area contributed by atoms with E-state index in [2.05, 4.69) is 56.2 Å². The number of alkyl halides is 2. The Hall–Kier alpha value is 1.32. The Morgan fingerprint density at radius 2 is 2.00 bits per heavy atom. The van der Waals surface area contributed by atoms with E-state index in [1.54, 1.807) is 0 Å². The third kappa shape index (κ3) is 4.90. The molecule has 1 atom stereocenters. The molecule has 1 aliphatic heterocycles. The van der Waals surface area contributed by atoms with Crippen LogP contribution in [0.4, 0.5) is 0 Å². The van der Waals surface area contributed by atoms with E-state index < -0.39 is 0 Å². The molecule has 0 aliphatic carbocycles. The maximum Gasteiger partial charge on any atom is 0.219 e. The Labute approximate surface area is 114 Å². The molecular formula is C8H18Br3N3. The van der Waals surface area contributed by atoms with Crippen LogP contribution in [0.2, 0.25) is 0 Å². The van der Waals surface area contributed by atoms with Gasteiger partial charge < -0.3 is 27.2 Å². The van der Waals surface area contributed by atoms with Gasteiger partial charge in [0.05, 0.1) is 20.1 Å². The van der Waals surface area contributed by atoms with Crippen LogP contribution in [0.5, 0.6) is 0 Å². The molecule has 2 N–H and O–H groups in total. The molecule has 0 aromatic rings.